The number of methoxy groups -OCH3 is 2. The second kappa shape index (κ2) is 6.77. The van der Waals surface area contributed by atoms with Crippen LogP contribution < -0.4 is 10.1 Å². The molecular weight excluding hydrogens is 258 g/mol. The fraction of sp³-hybridized carbons (Fsp3) is 0.267. The quantitative estimate of drug-likeness (QED) is 0.879. The first-order chi connectivity index (χ1) is 9.76. The minimum atomic E-state index is -0.287. The summed E-state index contributed by atoms with van der Waals surface area (Å²) in [5.41, 5.74) is 0.886. The van der Waals surface area contributed by atoms with Crippen molar-refractivity contribution in [3.8, 4) is 5.75 Å². The van der Waals surface area contributed by atoms with Crippen LogP contribution in [0.15, 0.2) is 47.1 Å². The Balaban J connectivity index is 2.04. The summed E-state index contributed by atoms with van der Waals surface area (Å²) < 4.78 is 15.8. The van der Waals surface area contributed by atoms with Gasteiger partial charge in [0, 0.05) is 19.2 Å². The van der Waals surface area contributed by atoms with E-state index in [0.717, 1.165) is 11.3 Å². The van der Waals surface area contributed by atoms with Crippen molar-refractivity contribution in [1.29, 1.82) is 0 Å². The zero-order chi connectivity index (χ0) is 14.4. The van der Waals surface area contributed by atoms with Crippen molar-refractivity contribution < 1.29 is 18.7 Å². The number of furan rings is 1. The molecule has 0 radical (unpaired) electrons. The molecule has 5 heteroatoms. The number of hydrogen-bond donors (Lipinski definition) is 1. The molecule has 1 aromatic carbocycles. The van der Waals surface area contributed by atoms with Crippen molar-refractivity contribution in [2.75, 3.05) is 20.8 Å². The number of carbonyl (C=O) groups is 1. The van der Waals surface area contributed by atoms with E-state index in [1.807, 2.05) is 24.3 Å². The molecule has 0 bridgehead atoms. The average molecular weight is 275 g/mol. The van der Waals surface area contributed by atoms with Gasteiger partial charge in [-0.15, -0.1) is 0 Å². The lowest BCUT2D eigenvalue weighted by molar-refractivity contribution is 0.0799. The molecule has 0 unspecified atom stereocenters. The lowest BCUT2D eigenvalue weighted by Crippen LogP contribution is -2.29. The van der Waals surface area contributed by atoms with Gasteiger partial charge < -0.3 is 19.2 Å². The molecule has 0 aliphatic carbocycles. The van der Waals surface area contributed by atoms with Gasteiger partial charge in [0.1, 0.15) is 11.9 Å². The number of benzene rings is 1. The third-order valence-corrected chi connectivity index (χ3v) is 2.96. The summed E-state index contributed by atoms with van der Waals surface area (Å²) in [6, 6.07) is 10.8. The van der Waals surface area contributed by atoms with Crippen LogP contribution in [0.25, 0.3) is 0 Å². The lowest BCUT2D eigenvalue weighted by atomic mass is 10.1. The highest BCUT2D eigenvalue weighted by Crippen LogP contribution is 2.26. The van der Waals surface area contributed by atoms with Crippen molar-refractivity contribution in [2.24, 2.45) is 0 Å². The van der Waals surface area contributed by atoms with Crippen LogP contribution in [0.5, 0.6) is 5.75 Å². The van der Waals surface area contributed by atoms with Crippen LogP contribution in [0, 0.1) is 0 Å². The van der Waals surface area contributed by atoms with Crippen LogP contribution in [0.1, 0.15) is 22.2 Å². The molecule has 0 fully saturated rings. The smallest absolute Gasteiger partial charge is 0.287 e. The highest BCUT2D eigenvalue weighted by Gasteiger charge is 2.17. The highest BCUT2D eigenvalue weighted by atomic mass is 16.5. The molecule has 0 saturated heterocycles. The van der Waals surface area contributed by atoms with E-state index >= 15 is 0 Å². The SMILES string of the molecule is COc1ccccc1[C@H](CNC(=O)c1ccco1)OC. The van der Waals surface area contributed by atoms with Crippen molar-refractivity contribution in [1.82, 2.24) is 5.32 Å². The van der Waals surface area contributed by atoms with E-state index in [1.54, 1.807) is 26.4 Å². The standard InChI is InChI=1S/C15H17NO4/c1-18-12-7-4-3-6-11(12)14(19-2)10-16-15(17)13-8-5-9-20-13/h3-9,14H,10H2,1-2H3,(H,16,17)/t14-/m0/s1. The molecule has 1 atom stereocenters. The molecule has 1 aromatic heterocycles. The van der Waals surface area contributed by atoms with Gasteiger partial charge in [0.05, 0.1) is 13.4 Å². The molecule has 2 aromatic rings. The van der Waals surface area contributed by atoms with Gasteiger partial charge in [0.15, 0.2) is 5.76 Å². The van der Waals surface area contributed by atoms with Crippen LogP contribution in [0.2, 0.25) is 0 Å². The van der Waals surface area contributed by atoms with Gasteiger partial charge in [-0.05, 0) is 18.2 Å². The van der Waals surface area contributed by atoms with Gasteiger partial charge in [0.25, 0.3) is 5.91 Å². The normalized spacial score (nSPS) is 11.9. The topological polar surface area (TPSA) is 60.7 Å². The molecule has 106 valence electrons. The Labute approximate surface area is 117 Å². The van der Waals surface area contributed by atoms with E-state index in [1.165, 1.54) is 6.26 Å². The van der Waals surface area contributed by atoms with Crippen molar-refractivity contribution in [2.45, 2.75) is 6.10 Å². The number of nitrogens with one attached hydrogen (secondary N) is 1. The summed E-state index contributed by atoms with van der Waals surface area (Å²) in [6.07, 6.45) is 1.17. The number of amides is 1. The maximum atomic E-state index is 11.8. The maximum Gasteiger partial charge on any atom is 0.287 e. The second-order valence-corrected chi connectivity index (χ2v) is 4.15. The second-order valence-electron chi connectivity index (χ2n) is 4.15. The molecule has 2 rings (SSSR count). The summed E-state index contributed by atoms with van der Waals surface area (Å²) in [5.74, 6) is 0.735. The first kappa shape index (κ1) is 14.1. The molecule has 5 nitrogen and oxygen atoms in total. The minimum absolute atomic E-state index is 0.271. The number of carbonyl (C=O) groups excluding carboxylic acids is 1. The monoisotopic (exact) mass is 275 g/mol. The summed E-state index contributed by atoms with van der Waals surface area (Å²) >= 11 is 0. The van der Waals surface area contributed by atoms with Gasteiger partial charge in [0.2, 0.25) is 0 Å². The van der Waals surface area contributed by atoms with Crippen molar-refractivity contribution in [3.05, 3.63) is 54.0 Å². The Morgan fingerprint density at radius 2 is 2.05 bits per heavy atom. The fourth-order valence-electron chi connectivity index (χ4n) is 1.93. The van der Waals surface area contributed by atoms with Gasteiger partial charge in [-0.2, -0.15) is 0 Å². The molecule has 0 spiro atoms. The van der Waals surface area contributed by atoms with Gasteiger partial charge in [-0.1, -0.05) is 18.2 Å². The van der Waals surface area contributed by atoms with E-state index in [9.17, 15) is 4.79 Å². The first-order valence-corrected chi connectivity index (χ1v) is 6.23. The lowest BCUT2D eigenvalue weighted by Gasteiger charge is -2.18. The number of para-hydroxylation sites is 1. The van der Waals surface area contributed by atoms with Crippen molar-refractivity contribution >= 4 is 5.91 Å². The van der Waals surface area contributed by atoms with Gasteiger partial charge in [-0.3, -0.25) is 4.79 Å². The average Bonchev–Trinajstić information content (AvgIpc) is 3.02. The van der Waals surface area contributed by atoms with Crippen molar-refractivity contribution in [3.63, 3.8) is 0 Å². The largest absolute Gasteiger partial charge is 0.496 e. The maximum absolute atomic E-state index is 11.8. The number of hydrogen-bond acceptors (Lipinski definition) is 4. The van der Waals surface area contributed by atoms with Crippen LogP contribution in [-0.4, -0.2) is 26.7 Å². The molecule has 1 N–H and O–H groups in total. The molecule has 1 amide bonds. The van der Waals surface area contributed by atoms with E-state index < -0.39 is 0 Å². The van der Waals surface area contributed by atoms with Crippen LogP contribution in [-0.2, 0) is 4.74 Å². The molecule has 0 saturated carbocycles. The minimum Gasteiger partial charge on any atom is -0.496 e. The summed E-state index contributed by atoms with van der Waals surface area (Å²) in [4.78, 5) is 11.8. The van der Waals surface area contributed by atoms with E-state index in [2.05, 4.69) is 5.32 Å². The van der Waals surface area contributed by atoms with E-state index in [-0.39, 0.29) is 17.8 Å². The van der Waals surface area contributed by atoms with Crippen LogP contribution in [0.4, 0.5) is 0 Å². The Hall–Kier alpha value is -2.27. The van der Waals surface area contributed by atoms with Crippen LogP contribution in [0.3, 0.4) is 0 Å². The molecule has 1 heterocycles. The summed E-state index contributed by atoms with van der Waals surface area (Å²) in [7, 11) is 3.20. The van der Waals surface area contributed by atoms with Crippen LogP contribution >= 0.6 is 0 Å². The molecule has 20 heavy (non-hydrogen) atoms. The molecule has 0 aliphatic rings. The Bertz CT molecular complexity index is 551. The fourth-order valence-corrected chi connectivity index (χ4v) is 1.93. The predicted octanol–water partition coefficient (Wildman–Crippen LogP) is 2.41. The predicted molar refractivity (Wildman–Crippen MR) is 73.8 cm³/mol. The van der Waals surface area contributed by atoms with Gasteiger partial charge >= 0.3 is 0 Å². The zero-order valence-electron chi connectivity index (χ0n) is 11.5. The highest BCUT2D eigenvalue weighted by molar-refractivity contribution is 5.91. The Morgan fingerprint density at radius 3 is 2.70 bits per heavy atom. The third kappa shape index (κ3) is 3.19. The first-order valence-electron chi connectivity index (χ1n) is 6.23. The summed E-state index contributed by atoms with van der Waals surface area (Å²) in [6.45, 7) is 0.330. The zero-order valence-corrected chi connectivity index (χ0v) is 11.5. The summed E-state index contributed by atoms with van der Waals surface area (Å²) in [5, 5.41) is 2.77. The third-order valence-electron chi connectivity index (χ3n) is 2.96. The number of rotatable bonds is 6. The molecular formula is C15H17NO4. The Morgan fingerprint density at radius 1 is 1.25 bits per heavy atom. The van der Waals surface area contributed by atoms with Gasteiger partial charge in [-0.25, -0.2) is 0 Å². The number of ether oxygens (including phenoxy) is 2. The van der Waals surface area contributed by atoms with E-state index in [0.29, 0.717) is 6.54 Å². The molecule has 0 aliphatic heterocycles. The Kier molecular flexibility index (Phi) is 4.79. The van der Waals surface area contributed by atoms with E-state index in [4.69, 9.17) is 13.9 Å².